The van der Waals surface area contributed by atoms with Gasteiger partial charge < -0.3 is 10.6 Å². The zero-order chi connectivity index (χ0) is 13.8. The van der Waals surface area contributed by atoms with Gasteiger partial charge in [0.1, 0.15) is 0 Å². The molecule has 1 amide bonds. The first-order chi connectivity index (χ1) is 9.11. The fourth-order valence-electron chi connectivity index (χ4n) is 2.72. The van der Waals surface area contributed by atoms with Gasteiger partial charge in [-0.15, -0.1) is 0 Å². The van der Waals surface area contributed by atoms with Crippen molar-refractivity contribution < 1.29 is 4.79 Å². The van der Waals surface area contributed by atoms with Crippen LogP contribution < -0.4 is 10.6 Å². The van der Waals surface area contributed by atoms with Gasteiger partial charge in [0.15, 0.2) is 0 Å². The molecule has 1 aromatic heterocycles. The van der Waals surface area contributed by atoms with Crippen molar-refractivity contribution in [1.82, 2.24) is 15.1 Å². The number of hydrogen-bond donors (Lipinski definition) is 2. The molecule has 0 bridgehead atoms. The summed E-state index contributed by atoms with van der Waals surface area (Å²) >= 11 is 0. The van der Waals surface area contributed by atoms with Crippen LogP contribution in [0.1, 0.15) is 37.6 Å². The number of carbonyl (C=O) groups excluding carboxylic acids is 1. The summed E-state index contributed by atoms with van der Waals surface area (Å²) in [4.78, 5) is 12.1. The van der Waals surface area contributed by atoms with Crippen molar-refractivity contribution in [3.63, 3.8) is 0 Å². The molecule has 19 heavy (non-hydrogen) atoms. The Morgan fingerprint density at radius 2 is 2.11 bits per heavy atom. The lowest BCUT2D eigenvalue weighted by molar-refractivity contribution is -0.117. The van der Waals surface area contributed by atoms with Crippen molar-refractivity contribution in [2.75, 3.05) is 18.4 Å². The van der Waals surface area contributed by atoms with Crippen molar-refractivity contribution in [1.29, 1.82) is 0 Å². The van der Waals surface area contributed by atoms with Crippen LogP contribution in [0.15, 0.2) is 0 Å². The molecule has 0 radical (unpaired) electrons. The molecule has 1 fully saturated rings. The minimum atomic E-state index is 0.119. The molecular formula is C14H24N4O. The number of nitrogens with zero attached hydrogens (tertiary/aromatic N) is 2. The molecule has 1 aromatic rings. The Labute approximate surface area is 114 Å². The second kappa shape index (κ2) is 6.19. The van der Waals surface area contributed by atoms with Crippen molar-refractivity contribution in [3.05, 3.63) is 11.4 Å². The topological polar surface area (TPSA) is 59.0 Å². The number of amides is 1. The van der Waals surface area contributed by atoms with Gasteiger partial charge in [-0.25, -0.2) is 0 Å². The minimum absolute atomic E-state index is 0.119. The number of piperidine rings is 1. The summed E-state index contributed by atoms with van der Waals surface area (Å²) in [5, 5.41) is 10.8. The van der Waals surface area contributed by atoms with Crippen LogP contribution in [0.5, 0.6) is 0 Å². The third-order valence-electron chi connectivity index (χ3n) is 3.88. The van der Waals surface area contributed by atoms with Crippen LogP contribution in [-0.2, 0) is 11.3 Å². The van der Waals surface area contributed by atoms with Gasteiger partial charge in [0, 0.05) is 13.0 Å². The highest BCUT2D eigenvalue weighted by molar-refractivity contribution is 5.92. The van der Waals surface area contributed by atoms with Crippen LogP contribution in [0.25, 0.3) is 0 Å². The molecule has 0 aromatic carbocycles. The molecule has 2 N–H and O–H groups in total. The smallest absolute Gasteiger partial charge is 0.224 e. The van der Waals surface area contributed by atoms with Crippen molar-refractivity contribution in [3.8, 4) is 0 Å². The summed E-state index contributed by atoms with van der Waals surface area (Å²) < 4.78 is 1.93. The molecule has 106 valence electrons. The van der Waals surface area contributed by atoms with Crippen molar-refractivity contribution in [2.45, 2.75) is 46.6 Å². The molecule has 0 unspecified atom stereocenters. The Hall–Kier alpha value is -1.36. The van der Waals surface area contributed by atoms with Gasteiger partial charge in [-0.1, -0.05) is 0 Å². The summed E-state index contributed by atoms with van der Waals surface area (Å²) in [6, 6.07) is 0. The number of hydrogen-bond acceptors (Lipinski definition) is 3. The average molecular weight is 264 g/mol. The SMILES string of the molecule is CCn1nc(C)c(NC(=O)CC2CCNCC2)c1C. The molecule has 5 nitrogen and oxygen atoms in total. The molecule has 2 heterocycles. The van der Waals surface area contributed by atoms with Gasteiger partial charge >= 0.3 is 0 Å². The van der Waals surface area contributed by atoms with E-state index in [0.717, 1.165) is 49.6 Å². The largest absolute Gasteiger partial charge is 0.323 e. The van der Waals surface area contributed by atoms with Gasteiger partial charge in [0.05, 0.1) is 17.1 Å². The first-order valence-corrected chi connectivity index (χ1v) is 7.16. The molecule has 0 spiro atoms. The Morgan fingerprint density at radius 3 is 2.68 bits per heavy atom. The first-order valence-electron chi connectivity index (χ1n) is 7.16. The van der Waals surface area contributed by atoms with Crippen molar-refractivity contribution >= 4 is 11.6 Å². The highest BCUT2D eigenvalue weighted by Crippen LogP contribution is 2.21. The standard InChI is InChI=1S/C14H24N4O/c1-4-18-11(3)14(10(2)17-18)16-13(19)9-12-5-7-15-8-6-12/h12,15H,4-9H2,1-3H3,(H,16,19). The summed E-state index contributed by atoms with van der Waals surface area (Å²) in [6.07, 6.45) is 2.82. The van der Waals surface area contributed by atoms with E-state index < -0.39 is 0 Å². The van der Waals surface area contributed by atoms with E-state index >= 15 is 0 Å². The van der Waals surface area contributed by atoms with E-state index in [1.807, 2.05) is 18.5 Å². The molecule has 1 saturated heterocycles. The monoisotopic (exact) mass is 264 g/mol. The van der Waals surface area contributed by atoms with E-state index in [4.69, 9.17) is 0 Å². The Kier molecular flexibility index (Phi) is 4.58. The van der Waals surface area contributed by atoms with E-state index in [1.54, 1.807) is 0 Å². The second-order valence-electron chi connectivity index (χ2n) is 5.31. The maximum absolute atomic E-state index is 12.1. The maximum atomic E-state index is 12.1. The summed E-state index contributed by atoms with van der Waals surface area (Å²) in [5.41, 5.74) is 2.83. The molecule has 0 saturated carbocycles. The Bertz CT molecular complexity index is 447. The zero-order valence-electron chi connectivity index (χ0n) is 12.1. The van der Waals surface area contributed by atoms with Gasteiger partial charge in [0.2, 0.25) is 5.91 Å². The number of anilines is 1. The minimum Gasteiger partial charge on any atom is -0.323 e. The quantitative estimate of drug-likeness (QED) is 0.872. The lowest BCUT2D eigenvalue weighted by Crippen LogP contribution is -2.30. The summed E-state index contributed by atoms with van der Waals surface area (Å²) in [5.74, 6) is 0.636. The number of aryl methyl sites for hydroxylation is 2. The van der Waals surface area contributed by atoms with E-state index in [-0.39, 0.29) is 5.91 Å². The summed E-state index contributed by atoms with van der Waals surface area (Å²) in [7, 11) is 0. The fourth-order valence-corrected chi connectivity index (χ4v) is 2.72. The van der Waals surface area contributed by atoms with Gasteiger partial charge in [-0.2, -0.15) is 5.10 Å². The first kappa shape index (κ1) is 14.1. The van der Waals surface area contributed by atoms with Crippen LogP contribution >= 0.6 is 0 Å². The third-order valence-corrected chi connectivity index (χ3v) is 3.88. The predicted molar refractivity (Wildman–Crippen MR) is 76.2 cm³/mol. The Balaban J connectivity index is 1.96. The lowest BCUT2D eigenvalue weighted by atomic mass is 9.94. The van der Waals surface area contributed by atoms with Crippen LogP contribution in [0.4, 0.5) is 5.69 Å². The number of aromatic nitrogens is 2. The normalized spacial score (nSPS) is 16.6. The maximum Gasteiger partial charge on any atom is 0.224 e. The van der Waals surface area contributed by atoms with E-state index in [9.17, 15) is 4.79 Å². The van der Waals surface area contributed by atoms with Gasteiger partial charge in [-0.3, -0.25) is 9.48 Å². The van der Waals surface area contributed by atoms with E-state index in [1.165, 1.54) is 0 Å². The van der Waals surface area contributed by atoms with E-state index in [0.29, 0.717) is 12.3 Å². The van der Waals surface area contributed by atoms with Crippen LogP contribution in [0, 0.1) is 19.8 Å². The van der Waals surface area contributed by atoms with E-state index in [2.05, 4.69) is 22.7 Å². The molecule has 0 atom stereocenters. The average Bonchev–Trinajstić information content (AvgIpc) is 2.67. The molecule has 0 aliphatic carbocycles. The number of rotatable bonds is 4. The number of carbonyl (C=O) groups is 1. The predicted octanol–water partition coefficient (Wildman–Crippen LogP) is 1.85. The lowest BCUT2D eigenvalue weighted by Gasteiger charge is -2.21. The van der Waals surface area contributed by atoms with Gasteiger partial charge in [0.25, 0.3) is 0 Å². The molecule has 5 heteroatoms. The molecule has 2 rings (SSSR count). The highest BCUT2D eigenvalue weighted by atomic mass is 16.1. The summed E-state index contributed by atoms with van der Waals surface area (Å²) in [6.45, 7) is 8.90. The number of nitrogens with one attached hydrogen (secondary N) is 2. The van der Waals surface area contributed by atoms with Crippen LogP contribution in [-0.4, -0.2) is 28.8 Å². The van der Waals surface area contributed by atoms with Gasteiger partial charge in [-0.05, 0) is 52.6 Å². The fraction of sp³-hybridized carbons (Fsp3) is 0.714. The Morgan fingerprint density at radius 1 is 1.42 bits per heavy atom. The molecular weight excluding hydrogens is 240 g/mol. The molecule has 1 aliphatic heterocycles. The molecule has 1 aliphatic rings. The third kappa shape index (κ3) is 3.35. The zero-order valence-corrected chi connectivity index (χ0v) is 12.1. The highest BCUT2D eigenvalue weighted by Gasteiger charge is 2.19. The second-order valence-corrected chi connectivity index (χ2v) is 5.31. The van der Waals surface area contributed by atoms with Crippen LogP contribution in [0.2, 0.25) is 0 Å². The van der Waals surface area contributed by atoms with Crippen LogP contribution in [0.3, 0.4) is 0 Å². The van der Waals surface area contributed by atoms with Crippen molar-refractivity contribution in [2.24, 2.45) is 5.92 Å².